The number of nitrogens with one attached hydrogen (secondary N) is 1. The lowest BCUT2D eigenvalue weighted by Crippen LogP contribution is -2.30. The molecule has 0 unspecified atom stereocenters. The van der Waals surface area contributed by atoms with Crippen LogP contribution in [0.25, 0.3) is 0 Å². The third-order valence-corrected chi connectivity index (χ3v) is 3.97. The minimum atomic E-state index is -0.589. The van der Waals surface area contributed by atoms with Gasteiger partial charge in [-0.15, -0.1) is 0 Å². The molecule has 0 bridgehead atoms. The number of benzene rings is 2. The lowest BCUT2D eigenvalue weighted by atomic mass is 10.0. The van der Waals surface area contributed by atoms with Gasteiger partial charge in [-0.1, -0.05) is 38.1 Å². The van der Waals surface area contributed by atoms with Crippen molar-refractivity contribution < 1.29 is 14.3 Å². The van der Waals surface area contributed by atoms with Crippen LogP contribution >= 0.6 is 0 Å². The molecule has 0 aliphatic heterocycles. The first-order valence-corrected chi connectivity index (χ1v) is 8.52. The predicted molar refractivity (Wildman–Crippen MR) is 98.7 cm³/mol. The van der Waals surface area contributed by atoms with Gasteiger partial charge >= 0.3 is 5.97 Å². The van der Waals surface area contributed by atoms with Crippen molar-refractivity contribution >= 4 is 11.9 Å². The van der Waals surface area contributed by atoms with Crippen LogP contribution in [-0.2, 0) is 16.0 Å². The molecule has 0 radical (unpaired) electrons. The van der Waals surface area contributed by atoms with E-state index in [2.05, 4.69) is 43.4 Å². The van der Waals surface area contributed by atoms with Gasteiger partial charge in [0.2, 0.25) is 0 Å². The molecule has 134 valence electrons. The summed E-state index contributed by atoms with van der Waals surface area (Å²) in [5.74, 6) is -0.436. The fourth-order valence-electron chi connectivity index (χ4n) is 2.36. The zero-order chi connectivity index (χ0) is 18.9. The molecule has 0 aliphatic carbocycles. The van der Waals surface area contributed by atoms with Crippen LogP contribution in [-0.4, -0.2) is 25.0 Å². The third-order valence-electron chi connectivity index (χ3n) is 3.97. The van der Waals surface area contributed by atoms with Crippen LogP contribution in [0.5, 0.6) is 0 Å². The van der Waals surface area contributed by atoms with Crippen LogP contribution in [0, 0.1) is 11.3 Å². The molecule has 2 aromatic rings. The van der Waals surface area contributed by atoms with Gasteiger partial charge in [-0.25, -0.2) is 4.79 Å². The molecule has 0 fully saturated rings. The predicted octanol–water partition coefficient (Wildman–Crippen LogP) is 3.20. The lowest BCUT2D eigenvalue weighted by molar-refractivity contribution is -0.124. The van der Waals surface area contributed by atoms with E-state index in [4.69, 9.17) is 10.00 Å². The Morgan fingerprint density at radius 1 is 1.08 bits per heavy atom. The summed E-state index contributed by atoms with van der Waals surface area (Å²) in [5, 5.41) is 11.5. The number of nitriles is 1. The highest BCUT2D eigenvalue weighted by molar-refractivity contribution is 5.91. The Bertz CT molecular complexity index is 788. The smallest absolute Gasteiger partial charge is 0.338 e. The van der Waals surface area contributed by atoms with Crippen molar-refractivity contribution in [3.63, 3.8) is 0 Å². The summed E-state index contributed by atoms with van der Waals surface area (Å²) in [7, 11) is 0. The van der Waals surface area contributed by atoms with Crippen LogP contribution in [0.4, 0.5) is 0 Å². The van der Waals surface area contributed by atoms with Crippen LogP contribution in [0.3, 0.4) is 0 Å². The topological polar surface area (TPSA) is 79.2 Å². The van der Waals surface area contributed by atoms with Gasteiger partial charge in [-0.3, -0.25) is 4.79 Å². The number of carbonyl (C=O) groups is 2. The molecule has 0 heterocycles. The van der Waals surface area contributed by atoms with E-state index < -0.39 is 5.97 Å². The van der Waals surface area contributed by atoms with Gasteiger partial charge in [-0.05, 0) is 47.7 Å². The van der Waals surface area contributed by atoms with E-state index in [1.54, 1.807) is 0 Å². The summed E-state index contributed by atoms with van der Waals surface area (Å²) in [5.41, 5.74) is 3.19. The molecule has 5 nitrogen and oxygen atoms in total. The van der Waals surface area contributed by atoms with Crippen molar-refractivity contribution in [1.82, 2.24) is 5.32 Å². The number of amides is 1. The summed E-state index contributed by atoms with van der Waals surface area (Å²) < 4.78 is 4.97. The number of ether oxygens (including phenoxy) is 1. The Hall–Kier alpha value is -3.13. The Kier molecular flexibility index (Phi) is 6.92. The molecule has 0 aliphatic rings. The standard InChI is InChI=1S/C21H22N2O3/c1-15(2)18-7-3-16(4-8-18)11-12-23-20(24)14-26-21(25)19-9-5-17(13-22)6-10-19/h3-10,15H,11-12,14H2,1-2H3,(H,23,24). The van der Waals surface area contributed by atoms with Crippen molar-refractivity contribution in [2.24, 2.45) is 0 Å². The molecule has 2 aromatic carbocycles. The second-order valence-corrected chi connectivity index (χ2v) is 6.26. The van der Waals surface area contributed by atoms with Crippen LogP contribution in [0.15, 0.2) is 48.5 Å². The third kappa shape index (κ3) is 5.75. The molecule has 0 saturated carbocycles. The molecule has 1 N–H and O–H groups in total. The average Bonchev–Trinajstić information content (AvgIpc) is 2.66. The van der Waals surface area contributed by atoms with E-state index in [-0.39, 0.29) is 12.5 Å². The summed E-state index contributed by atoms with van der Waals surface area (Å²) in [6.45, 7) is 4.45. The van der Waals surface area contributed by atoms with E-state index >= 15 is 0 Å². The number of hydrogen-bond acceptors (Lipinski definition) is 4. The molecule has 0 saturated heterocycles. The molecular formula is C21H22N2O3. The molecule has 2 rings (SSSR count). The highest BCUT2D eigenvalue weighted by Gasteiger charge is 2.10. The van der Waals surface area contributed by atoms with Gasteiger partial charge in [0.05, 0.1) is 17.2 Å². The second kappa shape index (κ2) is 9.38. The largest absolute Gasteiger partial charge is 0.452 e. The number of hydrogen-bond donors (Lipinski definition) is 1. The zero-order valence-electron chi connectivity index (χ0n) is 15.0. The van der Waals surface area contributed by atoms with Crippen molar-refractivity contribution in [2.75, 3.05) is 13.2 Å². The van der Waals surface area contributed by atoms with Gasteiger partial charge in [-0.2, -0.15) is 5.26 Å². The van der Waals surface area contributed by atoms with Gasteiger partial charge in [0.15, 0.2) is 6.61 Å². The highest BCUT2D eigenvalue weighted by atomic mass is 16.5. The number of nitrogens with zero attached hydrogens (tertiary/aromatic N) is 1. The maximum Gasteiger partial charge on any atom is 0.338 e. The first kappa shape index (κ1) is 19.2. The number of esters is 1. The van der Waals surface area contributed by atoms with Crippen molar-refractivity contribution in [3.8, 4) is 6.07 Å². The molecule has 0 atom stereocenters. The highest BCUT2D eigenvalue weighted by Crippen LogP contribution is 2.14. The lowest BCUT2D eigenvalue weighted by Gasteiger charge is -2.08. The van der Waals surface area contributed by atoms with Crippen molar-refractivity contribution in [3.05, 3.63) is 70.8 Å². The molecular weight excluding hydrogens is 328 g/mol. The van der Waals surface area contributed by atoms with Crippen LogP contribution in [0.2, 0.25) is 0 Å². The summed E-state index contributed by atoms with van der Waals surface area (Å²) in [6, 6.07) is 16.4. The van der Waals surface area contributed by atoms with Crippen molar-refractivity contribution in [1.29, 1.82) is 5.26 Å². The quantitative estimate of drug-likeness (QED) is 0.778. The van der Waals surface area contributed by atoms with Gasteiger partial charge in [0, 0.05) is 6.54 Å². The summed E-state index contributed by atoms with van der Waals surface area (Å²) in [4.78, 5) is 23.6. The SMILES string of the molecule is CC(C)c1ccc(CCNC(=O)COC(=O)c2ccc(C#N)cc2)cc1. The van der Waals surface area contributed by atoms with Gasteiger partial charge < -0.3 is 10.1 Å². The Morgan fingerprint density at radius 2 is 1.73 bits per heavy atom. The van der Waals surface area contributed by atoms with Crippen molar-refractivity contribution in [2.45, 2.75) is 26.2 Å². The minimum Gasteiger partial charge on any atom is -0.452 e. The maximum atomic E-state index is 11.8. The van der Waals surface area contributed by atoms with Crippen LogP contribution < -0.4 is 5.32 Å². The first-order chi connectivity index (χ1) is 12.5. The first-order valence-electron chi connectivity index (χ1n) is 8.52. The fraction of sp³-hybridized carbons (Fsp3) is 0.286. The zero-order valence-corrected chi connectivity index (χ0v) is 15.0. The average molecular weight is 350 g/mol. The van der Waals surface area contributed by atoms with E-state index in [0.717, 1.165) is 5.56 Å². The normalized spacial score (nSPS) is 10.2. The van der Waals surface area contributed by atoms with E-state index in [1.165, 1.54) is 29.8 Å². The maximum absolute atomic E-state index is 11.8. The Balaban J connectivity index is 1.71. The van der Waals surface area contributed by atoms with Gasteiger partial charge in [0.25, 0.3) is 5.91 Å². The Labute approximate surface area is 153 Å². The second-order valence-electron chi connectivity index (χ2n) is 6.26. The van der Waals surface area contributed by atoms with E-state index in [0.29, 0.717) is 30.0 Å². The minimum absolute atomic E-state index is 0.307. The molecule has 1 amide bonds. The molecule has 0 spiro atoms. The Morgan fingerprint density at radius 3 is 2.31 bits per heavy atom. The molecule has 0 aromatic heterocycles. The fourth-order valence-corrected chi connectivity index (χ4v) is 2.36. The van der Waals surface area contributed by atoms with Gasteiger partial charge in [0.1, 0.15) is 0 Å². The van der Waals surface area contributed by atoms with E-state index in [9.17, 15) is 9.59 Å². The number of carbonyl (C=O) groups excluding carboxylic acids is 2. The molecule has 5 heteroatoms. The summed E-state index contributed by atoms with van der Waals surface area (Å²) in [6.07, 6.45) is 0.716. The monoisotopic (exact) mass is 350 g/mol. The molecule has 26 heavy (non-hydrogen) atoms. The number of rotatable bonds is 7. The van der Waals surface area contributed by atoms with E-state index in [1.807, 2.05) is 6.07 Å². The van der Waals surface area contributed by atoms with Crippen LogP contribution in [0.1, 0.15) is 46.8 Å². The summed E-state index contributed by atoms with van der Waals surface area (Å²) >= 11 is 0.